The molecule has 0 aromatic rings. The number of rotatable bonds is 4. The van der Waals surface area contributed by atoms with Gasteiger partial charge >= 0.3 is 0 Å². The smallest absolute Gasteiger partial charge is 0.0462 e. The average molecular weight is 112 g/mol. The molecular weight excluding hydrogens is 100 g/mol. The number of nitrogens with one attached hydrogen (secondary N) is 1. The third-order valence-electron chi connectivity index (χ3n) is 0.633. The highest BCUT2D eigenvalue weighted by molar-refractivity contribution is 5.69. The number of nitrogens with zero attached hydrogens (tertiary/aromatic N) is 1. The molecule has 0 spiro atoms. The molecule has 46 valence electrons. The van der Waals surface area contributed by atoms with Crippen LogP contribution in [0.3, 0.4) is 0 Å². The van der Waals surface area contributed by atoms with E-state index in [0.717, 1.165) is 13.0 Å². The molecule has 0 amide bonds. The fourth-order valence-corrected chi connectivity index (χ4v) is 0.282. The van der Waals surface area contributed by atoms with Crippen LogP contribution in [0.5, 0.6) is 0 Å². The molecule has 0 fully saturated rings. The van der Waals surface area contributed by atoms with Gasteiger partial charge in [0.05, 0.1) is 0 Å². The number of hydrogen-bond donors (Lipinski definition) is 1. The van der Waals surface area contributed by atoms with Crippen molar-refractivity contribution in [2.45, 2.75) is 13.3 Å². The predicted molar refractivity (Wildman–Crippen MR) is 37.0 cm³/mol. The van der Waals surface area contributed by atoms with Crippen LogP contribution < -0.4 is 5.43 Å². The largest absolute Gasteiger partial charge is 0.310 e. The van der Waals surface area contributed by atoms with E-state index in [0.29, 0.717) is 0 Å². The summed E-state index contributed by atoms with van der Waals surface area (Å²) in [4.78, 5) is 0. The third-order valence-corrected chi connectivity index (χ3v) is 0.633. The summed E-state index contributed by atoms with van der Waals surface area (Å²) in [7, 11) is 0. The Labute approximate surface area is 50.3 Å². The highest BCUT2D eigenvalue weighted by Crippen LogP contribution is 1.67. The van der Waals surface area contributed by atoms with E-state index in [9.17, 15) is 0 Å². The SMILES string of the molecule is C=CC=NNCCC. The van der Waals surface area contributed by atoms with Crippen molar-refractivity contribution in [2.75, 3.05) is 6.54 Å². The van der Waals surface area contributed by atoms with E-state index in [-0.39, 0.29) is 0 Å². The molecule has 0 unspecified atom stereocenters. The van der Waals surface area contributed by atoms with Crippen molar-refractivity contribution in [1.29, 1.82) is 0 Å². The Kier molecular flexibility index (Phi) is 5.60. The minimum atomic E-state index is 0.935. The molecule has 0 saturated carbocycles. The van der Waals surface area contributed by atoms with Gasteiger partial charge in [0.1, 0.15) is 0 Å². The fraction of sp³-hybridized carbons (Fsp3) is 0.500. The summed E-state index contributed by atoms with van der Waals surface area (Å²) in [5, 5.41) is 3.79. The Hall–Kier alpha value is -0.790. The first kappa shape index (κ1) is 7.21. The van der Waals surface area contributed by atoms with Gasteiger partial charge < -0.3 is 5.43 Å². The van der Waals surface area contributed by atoms with E-state index in [1.165, 1.54) is 0 Å². The molecule has 2 heteroatoms. The lowest BCUT2D eigenvalue weighted by Gasteiger charge is -1.90. The van der Waals surface area contributed by atoms with Crippen LogP contribution in [0.15, 0.2) is 17.8 Å². The number of hydrazone groups is 1. The summed E-state index contributed by atoms with van der Waals surface area (Å²) in [6, 6.07) is 0. The van der Waals surface area contributed by atoms with Crippen molar-refractivity contribution in [1.82, 2.24) is 5.43 Å². The maximum absolute atomic E-state index is 3.79. The van der Waals surface area contributed by atoms with Gasteiger partial charge in [0.25, 0.3) is 0 Å². The van der Waals surface area contributed by atoms with E-state index in [2.05, 4.69) is 24.0 Å². The van der Waals surface area contributed by atoms with Gasteiger partial charge in [-0.2, -0.15) is 5.10 Å². The van der Waals surface area contributed by atoms with Gasteiger partial charge in [-0.05, 0) is 12.5 Å². The second-order valence-electron chi connectivity index (χ2n) is 1.42. The molecule has 1 N–H and O–H groups in total. The van der Waals surface area contributed by atoms with Crippen LogP contribution >= 0.6 is 0 Å². The third kappa shape index (κ3) is 5.21. The van der Waals surface area contributed by atoms with Gasteiger partial charge in [0.15, 0.2) is 0 Å². The molecule has 0 heterocycles. The van der Waals surface area contributed by atoms with Gasteiger partial charge in [0, 0.05) is 12.8 Å². The van der Waals surface area contributed by atoms with Crippen molar-refractivity contribution < 1.29 is 0 Å². The normalized spacial score (nSPS) is 9.62. The fourth-order valence-electron chi connectivity index (χ4n) is 0.282. The average Bonchev–Trinajstić information content (AvgIpc) is 1.81. The summed E-state index contributed by atoms with van der Waals surface area (Å²) in [5.41, 5.74) is 2.83. The molecule has 8 heavy (non-hydrogen) atoms. The lowest BCUT2D eigenvalue weighted by atomic mass is 10.5. The zero-order valence-corrected chi connectivity index (χ0v) is 5.22. The topological polar surface area (TPSA) is 24.4 Å². The van der Waals surface area contributed by atoms with Crippen molar-refractivity contribution in [3.05, 3.63) is 12.7 Å². The summed E-state index contributed by atoms with van der Waals surface area (Å²) in [6.45, 7) is 6.50. The molecule has 2 nitrogen and oxygen atoms in total. The molecule has 0 aliphatic heterocycles. The van der Waals surface area contributed by atoms with E-state index in [1.54, 1.807) is 12.3 Å². The quantitative estimate of drug-likeness (QED) is 0.329. The monoisotopic (exact) mass is 112 g/mol. The van der Waals surface area contributed by atoms with Gasteiger partial charge in [-0.3, -0.25) is 0 Å². The second-order valence-corrected chi connectivity index (χ2v) is 1.42. The Bertz CT molecular complexity index is 76.6. The van der Waals surface area contributed by atoms with Crippen LogP contribution in [0.1, 0.15) is 13.3 Å². The first-order chi connectivity index (χ1) is 3.91. The van der Waals surface area contributed by atoms with Crippen LogP contribution in [-0.4, -0.2) is 12.8 Å². The summed E-state index contributed by atoms with van der Waals surface area (Å²) >= 11 is 0. The zero-order chi connectivity index (χ0) is 6.24. The lowest BCUT2D eigenvalue weighted by molar-refractivity contribution is 0.720. The van der Waals surface area contributed by atoms with Crippen LogP contribution in [0.25, 0.3) is 0 Å². The lowest BCUT2D eigenvalue weighted by Crippen LogP contribution is -2.04. The maximum atomic E-state index is 3.79. The predicted octanol–water partition coefficient (Wildman–Crippen LogP) is 1.16. The first-order valence-corrected chi connectivity index (χ1v) is 2.78. The van der Waals surface area contributed by atoms with Gasteiger partial charge in [0.2, 0.25) is 0 Å². The maximum Gasteiger partial charge on any atom is 0.0462 e. The molecule has 0 bridgehead atoms. The van der Waals surface area contributed by atoms with Crippen LogP contribution in [0, 0.1) is 0 Å². The molecule has 0 aromatic heterocycles. The van der Waals surface area contributed by atoms with E-state index in [1.807, 2.05) is 0 Å². The van der Waals surface area contributed by atoms with Crippen molar-refractivity contribution in [3.63, 3.8) is 0 Å². The van der Waals surface area contributed by atoms with Crippen LogP contribution in [0.4, 0.5) is 0 Å². The summed E-state index contributed by atoms with van der Waals surface area (Å²) in [6.07, 6.45) is 4.38. The number of allylic oxidation sites excluding steroid dienone is 1. The Morgan fingerprint density at radius 3 is 3.00 bits per heavy atom. The molecule has 0 atom stereocenters. The highest BCUT2D eigenvalue weighted by Gasteiger charge is 1.69. The van der Waals surface area contributed by atoms with E-state index < -0.39 is 0 Å². The Morgan fingerprint density at radius 2 is 2.50 bits per heavy atom. The zero-order valence-electron chi connectivity index (χ0n) is 5.22. The van der Waals surface area contributed by atoms with Crippen molar-refractivity contribution in [2.24, 2.45) is 5.10 Å². The number of hydrogen-bond acceptors (Lipinski definition) is 2. The van der Waals surface area contributed by atoms with E-state index in [4.69, 9.17) is 0 Å². The molecule has 0 rings (SSSR count). The van der Waals surface area contributed by atoms with E-state index >= 15 is 0 Å². The van der Waals surface area contributed by atoms with Gasteiger partial charge in [-0.15, -0.1) is 0 Å². The molecule has 0 radical (unpaired) electrons. The highest BCUT2D eigenvalue weighted by atomic mass is 15.3. The van der Waals surface area contributed by atoms with Gasteiger partial charge in [-0.25, -0.2) is 0 Å². The molecule has 0 saturated heterocycles. The standard InChI is InChI=1S/C6H12N2/c1-3-5-7-8-6-4-2/h3,5,8H,1,4,6H2,2H3. The molecule has 0 aromatic carbocycles. The molecular formula is C6H12N2. The summed E-state index contributed by atoms with van der Waals surface area (Å²) in [5.74, 6) is 0. The van der Waals surface area contributed by atoms with Crippen LogP contribution in [-0.2, 0) is 0 Å². The minimum absolute atomic E-state index is 0.935. The van der Waals surface area contributed by atoms with Crippen LogP contribution in [0.2, 0.25) is 0 Å². The minimum Gasteiger partial charge on any atom is -0.310 e. The Balaban J connectivity index is 2.91. The Morgan fingerprint density at radius 1 is 1.75 bits per heavy atom. The second kappa shape index (κ2) is 6.21. The van der Waals surface area contributed by atoms with Crippen molar-refractivity contribution in [3.8, 4) is 0 Å². The van der Waals surface area contributed by atoms with Crippen molar-refractivity contribution >= 4 is 6.21 Å². The molecule has 0 aliphatic carbocycles. The first-order valence-electron chi connectivity index (χ1n) is 2.78. The molecule has 0 aliphatic rings. The van der Waals surface area contributed by atoms with Gasteiger partial charge in [-0.1, -0.05) is 13.5 Å². The summed E-state index contributed by atoms with van der Waals surface area (Å²) < 4.78 is 0.